The van der Waals surface area contributed by atoms with Gasteiger partial charge in [0.25, 0.3) is 0 Å². The number of hydrogen-bond donors (Lipinski definition) is 1. The summed E-state index contributed by atoms with van der Waals surface area (Å²) in [7, 11) is 1.85. The Kier molecular flexibility index (Phi) is 3.98. The van der Waals surface area contributed by atoms with Crippen molar-refractivity contribution in [3.63, 3.8) is 0 Å². The first kappa shape index (κ1) is 15.1. The fraction of sp³-hybridized carbons (Fsp3) is 0.867. The Morgan fingerprint density at radius 1 is 1.40 bits per heavy atom. The second kappa shape index (κ2) is 5.26. The van der Waals surface area contributed by atoms with Crippen molar-refractivity contribution in [1.82, 2.24) is 15.1 Å². The van der Waals surface area contributed by atoms with Crippen LogP contribution in [-0.4, -0.2) is 53.5 Å². The average molecular weight is 281 g/mol. The number of rotatable bonds is 4. The van der Waals surface area contributed by atoms with Crippen molar-refractivity contribution in [3.8, 4) is 0 Å². The molecule has 2 fully saturated rings. The van der Waals surface area contributed by atoms with Gasteiger partial charge in [0.2, 0.25) is 5.91 Å². The van der Waals surface area contributed by atoms with Gasteiger partial charge in [0.05, 0.1) is 6.04 Å². The zero-order valence-corrected chi connectivity index (χ0v) is 13.3. The van der Waals surface area contributed by atoms with E-state index in [0.29, 0.717) is 13.0 Å². The molecule has 1 aliphatic heterocycles. The number of nitrogens with zero attached hydrogens (tertiary/aromatic N) is 2. The summed E-state index contributed by atoms with van der Waals surface area (Å²) >= 11 is 0. The van der Waals surface area contributed by atoms with Gasteiger partial charge in [-0.2, -0.15) is 0 Å². The maximum Gasteiger partial charge on any atom is 0.317 e. The van der Waals surface area contributed by atoms with Crippen LogP contribution < -0.4 is 5.32 Å². The highest BCUT2D eigenvalue weighted by Crippen LogP contribution is 2.49. The molecule has 2 rings (SSSR count). The summed E-state index contributed by atoms with van der Waals surface area (Å²) in [5.74, 6) is 0.134. The van der Waals surface area contributed by atoms with Crippen molar-refractivity contribution >= 4 is 11.9 Å². The molecule has 1 N–H and O–H groups in total. The molecule has 1 saturated carbocycles. The van der Waals surface area contributed by atoms with Crippen LogP contribution in [0, 0.1) is 5.41 Å². The topological polar surface area (TPSA) is 52.7 Å². The summed E-state index contributed by atoms with van der Waals surface area (Å²) in [6.07, 6.45) is 2.80. The minimum Gasteiger partial charge on any atom is -0.338 e. The van der Waals surface area contributed by atoms with Crippen LogP contribution in [0.4, 0.5) is 4.79 Å². The molecule has 0 aromatic carbocycles. The van der Waals surface area contributed by atoms with E-state index in [0.717, 1.165) is 0 Å². The average Bonchev–Trinajstić information content (AvgIpc) is 3.01. The lowest BCUT2D eigenvalue weighted by atomic mass is 10.00. The number of nitrogens with one attached hydrogen (secondary N) is 1. The molecule has 2 unspecified atom stereocenters. The quantitative estimate of drug-likeness (QED) is 0.854. The molecular formula is C15H27N3O2. The van der Waals surface area contributed by atoms with Gasteiger partial charge in [-0.3, -0.25) is 4.79 Å². The van der Waals surface area contributed by atoms with E-state index in [1.807, 2.05) is 25.8 Å². The molecule has 1 aliphatic carbocycles. The Morgan fingerprint density at radius 3 is 2.45 bits per heavy atom. The number of urea groups is 1. The first-order valence-corrected chi connectivity index (χ1v) is 7.57. The summed E-state index contributed by atoms with van der Waals surface area (Å²) < 4.78 is 0. The summed E-state index contributed by atoms with van der Waals surface area (Å²) in [4.78, 5) is 27.7. The molecule has 20 heavy (non-hydrogen) atoms. The Balaban J connectivity index is 1.87. The molecule has 2 aliphatic rings. The third kappa shape index (κ3) is 2.91. The second-order valence-electron chi connectivity index (χ2n) is 6.93. The first-order valence-electron chi connectivity index (χ1n) is 7.57. The van der Waals surface area contributed by atoms with Gasteiger partial charge in [0.15, 0.2) is 0 Å². The van der Waals surface area contributed by atoms with Gasteiger partial charge < -0.3 is 15.1 Å². The monoisotopic (exact) mass is 281 g/mol. The lowest BCUT2D eigenvalue weighted by molar-refractivity contribution is -0.129. The molecule has 114 valence electrons. The van der Waals surface area contributed by atoms with Crippen LogP contribution in [-0.2, 0) is 4.79 Å². The summed E-state index contributed by atoms with van der Waals surface area (Å²) in [6, 6.07) is 0.320. The van der Waals surface area contributed by atoms with E-state index in [9.17, 15) is 9.59 Å². The van der Waals surface area contributed by atoms with Crippen LogP contribution in [0.15, 0.2) is 0 Å². The maximum atomic E-state index is 12.3. The SMILES string of the molecule is CC(C)N1CC(NC(=O)N(C)C(C)C2(C)CC2)CC1=O. The predicted molar refractivity (Wildman–Crippen MR) is 78.4 cm³/mol. The fourth-order valence-corrected chi connectivity index (χ4v) is 2.86. The molecular weight excluding hydrogens is 254 g/mol. The van der Waals surface area contributed by atoms with Crippen LogP contribution in [0.2, 0.25) is 0 Å². The molecule has 1 heterocycles. The van der Waals surface area contributed by atoms with Gasteiger partial charge in [0, 0.05) is 32.1 Å². The van der Waals surface area contributed by atoms with Gasteiger partial charge in [0.1, 0.15) is 0 Å². The van der Waals surface area contributed by atoms with E-state index in [2.05, 4.69) is 19.2 Å². The van der Waals surface area contributed by atoms with Gasteiger partial charge in [-0.25, -0.2) is 4.79 Å². The molecule has 5 heteroatoms. The lowest BCUT2D eigenvalue weighted by Crippen LogP contribution is -2.49. The summed E-state index contributed by atoms with van der Waals surface area (Å²) in [6.45, 7) is 8.96. The van der Waals surface area contributed by atoms with E-state index in [4.69, 9.17) is 0 Å². The summed E-state index contributed by atoms with van der Waals surface area (Å²) in [5, 5.41) is 3.00. The predicted octanol–water partition coefficient (Wildman–Crippen LogP) is 1.83. The largest absolute Gasteiger partial charge is 0.338 e. The van der Waals surface area contributed by atoms with Crippen molar-refractivity contribution in [3.05, 3.63) is 0 Å². The van der Waals surface area contributed by atoms with Crippen LogP contribution in [0.25, 0.3) is 0 Å². The number of carbonyl (C=O) groups is 2. The van der Waals surface area contributed by atoms with Crippen LogP contribution in [0.1, 0.15) is 47.0 Å². The molecule has 2 atom stereocenters. The molecule has 0 radical (unpaired) electrons. The molecule has 5 nitrogen and oxygen atoms in total. The Bertz CT molecular complexity index is 404. The van der Waals surface area contributed by atoms with Crippen LogP contribution in [0.3, 0.4) is 0 Å². The third-order valence-corrected chi connectivity index (χ3v) is 5.06. The van der Waals surface area contributed by atoms with Crippen molar-refractivity contribution in [2.75, 3.05) is 13.6 Å². The van der Waals surface area contributed by atoms with E-state index < -0.39 is 0 Å². The highest BCUT2D eigenvalue weighted by molar-refractivity contribution is 5.82. The van der Waals surface area contributed by atoms with E-state index in [1.54, 1.807) is 4.90 Å². The highest BCUT2D eigenvalue weighted by atomic mass is 16.2. The van der Waals surface area contributed by atoms with Crippen molar-refractivity contribution in [2.45, 2.75) is 65.1 Å². The normalized spacial score (nSPS) is 25.8. The van der Waals surface area contributed by atoms with Gasteiger partial charge >= 0.3 is 6.03 Å². The van der Waals surface area contributed by atoms with E-state index in [1.165, 1.54) is 12.8 Å². The smallest absolute Gasteiger partial charge is 0.317 e. The highest BCUT2D eigenvalue weighted by Gasteiger charge is 2.45. The fourth-order valence-electron chi connectivity index (χ4n) is 2.86. The molecule has 0 spiro atoms. The first-order chi connectivity index (χ1) is 9.24. The Hall–Kier alpha value is -1.26. The van der Waals surface area contributed by atoms with Gasteiger partial charge in [-0.15, -0.1) is 0 Å². The number of hydrogen-bond acceptors (Lipinski definition) is 2. The van der Waals surface area contributed by atoms with E-state index >= 15 is 0 Å². The zero-order chi connectivity index (χ0) is 15.1. The van der Waals surface area contributed by atoms with Crippen LogP contribution >= 0.6 is 0 Å². The minimum absolute atomic E-state index is 0.0564. The Labute approximate surface area is 121 Å². The molecule has 0 bridgehead atoms. The number of carbonyl (C=O) groups excluding carboxylic acids is 2. The molecule has 0 aromatic rings. The van der Waals surface area contributed by atoms with Crippen LogP contribution in [0.5, 0.6) is 0 Å². The van der Waals surface area contributed by atoms with Crippen molar-refractivity contribution in [2.24, 2.45) is 5.41 Å². The third-order valence-electron chi connectivity index (χ3n) is 5.06. The standard InChI is InChI=1S/C15H27N3O2/c1-10(2)18-9-12(8-13(18)19)16-14(20)17(5)11(3)15(4)6-7-15/h10-12H,6-9H2,1-5H3,(H,16,20). The molecule has 0 aromatic heterocycles. The van der Waals surface area contributed by atoms with Gasteiger partial charge in [-0.05, 0) is 39.0 Å². The van der Waals surface area contributed by atoms with E-state index in [-0.39, 0.29) is 35.5 Å². The zero-order valence-electron chi connectivity index (χ0n) is 13.3. The minimum atomic E-state index is -0.0611. The Morgan fingerprint density at radius 2 is 2.00 bits per heavy atom. The lowest BCUT2D eigenvalue weighted by Gasteiger charge is -2.31. The van der Waals surface area contributed by atoms with Gasteiger partial charge in [-0.1, -0.05) is 6.92 Å². The molecule has 1 saturated heterocycles. The number of likely N-dealkylation sites (tertiary alicyclic amines) is 1. The van der Waals surface area contributed by atoms with Crippen molar-refractivity contribution < 1.29 is 9.59 Å². The maximum absolute atomic E-state index is 12.3. The molecule has 3 amide bonds. The van der Waals surface area contributed by atoms with Crippen molar-refractivity contribution in [1.29, 1.82) is 0 Å². The number of amides is 3. The summed E-state index contributed by atoms with van der Waals surface area (Å²) in [5.41, 5.74) is 0.279. The second-order valence-corrected chi connectivity index (χ2v) is 6.93.